The number of rotatable bonds is 3. The van der Waals surface area contributed by atoms with E-state index in [9.17, 15) is 9.59 Å². The molecule has 1 N–H and O–H groups in total. The summed E-state index contributed by atoms with van der Waals surface area (Å²) < 4.78 is 0. The van der Waals surface area contributed by atoms with E-state index in [-0.39, 0.29) is 44.8 Å². The first-order valence-electron chi connectivity index (χ1n) is 6.28. The van der Waals surface area contributed by atoms with Crippen LogP contribution in [0, 0.1) is 0 Å². The number of nitrogens with zero attached hydrogens (tertiary/aromatic N) is 2. The minimum atomic E-state index is -0.981. The number of piperazine rings is 1. The van der Waals surface area contributed by atoms with Crippen LogP contribution in [0.2, 0.25) is 0 Å². The molecule has 1 aromatic rings. The Labute approximate surface area is 132 Å². The summed E-state index contributed by atoms with van der Waals surface area (Å²) in [4.78, 5) is 26.7. The minimum absolute atomic E-state index is 0. The molecule has 2 rings (SSSR count). The van der Waals surface area contributed by atoms with Gasteiger partial charge in [0.05, 0.1) is 12.1 Å². The Hall–Kier alpha value is -1.28. The molecule has 0 aromatic heterocycles. The first-order chi connectivity index (χ1) is 9.00. The van der Waals surface area contributed by atoms with Gasteiger partial charge in [0, 0.05) is 6.54 Å². The molecule has 1 aromatic carbocycles. The summed E-state index contributed by atoms with van der Waals surface area (Å²) in [5.41, 5.74) is 0.968. The van der Waals surface area contributed by atoms with E-state index >= 15 is 0 Å². The molecule has 0 aliphatic carbocycles. The third-order valence-electron chi connectivity index (χ3n) is 3.63. The molecule has 2 atom stereocenters. The van der Waals surface area contributed by atoms with Gasteiger partial charge in [0.25, 0.3) is 0 Å². The third kappa shape index (κ3) is 3.43. The first kappa shape index (κ1) is 16.8. The first-order valence-corrected chi connectivity index (χ1v) is 6.28. The van der Waals surface area contributed by atoms with Gasteiger partial charge in [-0.2, -0.15) is 0 Å². The van der Waals surface area contributed by atoms with Crippen molar-refractivity contribution in [1.82, 2.24) is 9.80 Å². The van der Waals surface area contributed by atoms with Crippen LogP contribution in [0.1, 0.15) is 20.0 Å². The molecule has 1 aliphatic heterocycles. The standard InChI is InChI=1S/C14H18N2O3.Li.H/c1-10-14(19)16(9-13(17)18)12(8-15(10)2)11-6-4-3-5-7-11;;/h3-7,10,12H,8-9H2,1-2H3,(H,17,18);;/q;+1;-1/t10-,12?;;/m1../s1. The second-order valence-electron chi connectivity index (χ2n) is 4.90. The van der Waals surface area contributed by atoms with E-state index in [0.29, 0.717) is 6.54 Å². The number of hydrogen-bond donors (Lipinski definition) is 1. The van der Waals surface area contributed by atoms with Crippen LogP contribution in [-0.4, -0.2) is 53.0 Å². The van der Waals surface area contributed by atoms with Crippen LogP contribution in [0.15, 0.2) is 30.3 Å². The zero-order valence-electron chi connectivity index (χ0n) is 13.1. The molecule has 0 saturated carbocycles. The molecule has 6 heteroatoms. The smallest absolute Gasteiger partial charge is 1.00 e. The summed E-state index contributed by atoms with van der Waals surface area (Å²) in [7, 11) is 1.89. The number of hydrogen-bond acceptors (Lipinski definition) is 3. The van der Waals surface area contributed by atoms with Crippen LogP contribution in [-0.2, 0) is 9.59 Å². The van der Waals surface area contributed by atoms with Crippen molar-refractivity contribution in [2.24, 2.45) is 0 Å². The Morgan fingerprint density at radius 1 is 1.40 bits per heavy atom. The fraction of sp³-hybridized carbons (Fsp3) is 0.429. The van der Waals surface area contributed by atoms with E-state index in [0.717, 1.165) is 5.56 Å². The molecule has 5 nitrogen and oxygen atoms in total. The molecule has 0 bridgehead atoms. The molecule has 104 valence electrons. The minimum Gasteiger partial charge on any atom is -1.00 e. The van der Waals surface area contributed by atoms with Gasteiger partial charge in [-0.1, -0.05) is 30.3 Å². The number of carboxylic acids is 1. The summed E-state index contributed by atoms with van der Waals surface area (Å²) in [6.45, 7) is 2.19. The van der Waals surface area contributed by atoms with E-state index in [1.54, 1.807) is 6.92 Å². The molecule has 1 saturated heterocycles. The number of carbonyl (C=O) groups is 2. The van der Waals surface area contributed by atoms with Gasteiger partial charge in [0.1, 0.15) is 6.54 Å². The van der Waals surface area contributed by atoms with Gasteiger partial charge in [-0.25, -0.2) is 0 Å². The second-order valence-corrected chi connectivity index (χ2v) is 4.90. The second kappa shape index (κ2) is 6.94. The molecule has 1 unspecified atom stereocenters. The predicted molar refractivity (Wildman–Crippen MR) is 71.7 cm³/mol. The van der Waals surface area contributed by atoms with Crippen molar-refractivity contribution in [2.75, 3.05) is 20.1 Å². The topological polar surface area (TPSA) is 60.9 Å². The summed E-state index contributed by atoms with van der Waals surface area (Å²) in [5, 5.41) is 8.99. The van der Waals surface area contributed by atoms with Gasteiger partial charge in [0.15, 0.2) is 0 Å². The van der Waals surface area contributed by atoms with Gasteiger partial charge in [0.2, 0.25) is 5.91 Å². The fourth-order valence-corrected chi connectivity index (χ4v) is 2.41. The van der Waals surface area contributed by atoms with Crippen molar-refractivity contribution < 1.29 is 35.0 Å². The van der Waals surface area contributed by atoms with Crippen LogP contribution in [0.3, 0.4) is 0 Å². The molecular weight excluding hydrogens is 251 g/mol. The van der Waals surface area contributed by atoms with Gasteiger partial charge in [-0.3, -0.25) is 14.5 Å². The van der Waals surface area contributed by atoms with E-state index in [2.05, 4.69) is 0 Å². The van der Waals surface area contributed by atoms with Crippen molar-refractivity contribution >= 4 is 11.9 Å². The molecular formula is C14H19LiN2O3. The maximum Gasteiger partial charge on any atom is 1.00 e. The van der Waals surface area contributed by atoms with Crippen LogP contribution in [0.5, 0.6) is 0 Å². The molecule has 0 spiro atoms. The summed E-state index contributed by atoms with van der Waals surface area (Å²) in [6.07, 6.45) is 0. The summed E-state index contributed by atoms with van der Waals surface area (Å²) in [5.74, 6) is -1.11. The Bertz CT molecular complexity index is 486. The van der Waals surface area contributed by atoms with Gasteiger partial charge in [-0.05, 0) is 19.5 Å². The van der Waals surface area contributed by atoms with Crippen molar-refractivity contribution in [3.8, 4) is 0 Å². The third-order valence-corrected chi connectivity index (χ3v) is 3.63. The van der Waals surface area contributed by atoms with Crippen LogP contribution in [0.25, 0.3) is 0 Å². The van der Waals surface area contributed by atoms with Gasteiger partial charge < -0.3 is 11.4 Å². The average molecular weight is 270 g/mol. The number of aliphatic carboxylic acids is 1. The maximum atomic E-state index is 12.3. The predicted octanol–water partition coefficient (Wildman–Crippen LogP) is -1.91. The van der Waals surface area contributed by atoms with Gasteiger partial charge >= 0.3 is 24.8 Å². The quantitative estimate of drug-likeness (QED) is 0.651. The Kier molecular flexibility index (Phi) is 5.82. The molecule has 20 heavy (non-hydrogen) atoms. The van der Waals surface area contributed by atoms with Gasteiger partial charge in [-0.15, -0.1) is 0 Å². The fourth-order valence-electron chi connectivity index (χ4n) is 2.41. The number of likely N-dealkylation sites (N-methyl/N-ethyl adjacent to an activating group) is 1. The molecule has 1 heterocycles. The molecule has 1 aliphatic rings. The van der Waals surface area contributed by atoms with E-state index in [4.69, 9.17) is 5.11 Å². The number of carbonyl (C=O) groups excluding carboxylic acids is 1. The van der Waals surface area contributed by atoms with Crippen molar-refractivity contribution in [3.63, 3.8) is 0 Å². The largest absolute Gasteiger partial charge is 1.00 e. The monoisotopic (exact) mass is 270 g/mol. The summed E-state index contributed by atoms with van der Waals surface area (Å²) in [6, 6.07) is 9.08. The molecule has 0 radical (unpaired) electrons. The van der Waals surface area contributed by atoms with Crippen LogP contribution in [0.4, 0.5) is 0 Å². The Morgan fingerprint density at radius 2 is 2.00 bits per heavy atom. The molecule has 1 amide bonds. The Morgan fingerprint density at radius 3 is 2.55 bits per heavy atom. The number of benzene rings is 1. The Balaban J connectivity index is 0.00000200. The van der Waals surface area contributed by atoms with E-state index in [1.165, 1.54) is 4.90 Å². The molecule has 1 fully saturated rings. The van der Waals surface area contributed by atoms with Crippen molar-refractivity contribution in [2.45, 2.75) is 19.0 Å². The van der Waals surface area contributed by atoms with E-state index < -0.39 is 5.97 Å². The number of carboxylic acid groups (broad SMARTS) is 1. The zero-order chi connectivity index (χ0) is 14.0. The zero-order valence-corrected chi connectivity index (χ0v) is 12.1. The number of amides is 1. The van der Waals surface area contributed by atoms with Crippen molar-refractivity contribution in [1.29, 1.82) is 0 Å². The SMILES string of the molecule is C[C@@H]1C(=O)N(CC(=O)O)C(c2ccccc2)CN1C.[H-].[Li+]. The van der Waals surface area contributed by atoms with Crippen LogP contribution >= 0.6 is 0 Å². The summed E-state index contributed by atoms with van der Waals surface area (Å²) >= 11 is 0. The van der Waals surface area contributed by atoms with E-state index in [1.807, 2.05) is 42.3 Å². The average Bonchev–Trinajstić information content (AvgIpc) is 2.40. The van der Waals surface area contributed by atoms with Crippen molar-refractivity contribution in [3.05, 3.63) is 35.9 Å². The van der Waals surface area contributed by atoms with Crippen LogP contribution < -0.4 is 18.9 Å². The maximum absolute atomic E-state index is 12.3. The normalized spacial score (nSPS) is 23.3.